The molecule has 0 radical (unpaired) electrons. The van der Waals surface area contributed by atoms with Gasteiger partial charge in [-0.15, -0.1) is 0 Å². The van der Waals surface area contributed by atoms with Gasteiger partial charge in [0.15, 0.2) is 6.61 Å². The van der Waals surface area contributed by atoms with E-state index in [-0.39, 0.29) is 12.5 Å². The molecule has 1 heterocycles. The molecular formula is C23H29NO3. The highest BCUT2D eigenvalue weighted by molar-refractivity contribution is 5.78. The van der Waals surface area contributed by atoms with Gasteiger partial charge in [-0.05, 0) is 48.1 Å². The first-order valence-corrected chi connectivity index (χ1v) is 9.75. The minimum Gasteiger partial charge on any atom is -0.497 e. The lowest BCUT2D eigenvalue weighted by atomic mass is 9.98. The van der Waals surface area contributed by atoms with Gasteiger partial charge in [0.2, 0.25) is 0 Å². The van der Waals surface area contributed by atoms with E-state index in [4.69, 9.17) is 9.47 Å². The maximum Gasteiger partial charge on any atom is 0.260 e. The maximum atomic E-state index is 12.6. The number of benzene rings is 2. The lowest BCUT2D eigenvalue weighted by molar-refractivity contribution is -0.132. The lowest BCUT2D eigenvalue weighted by Gasteiger charge is -2.19. The van der Waals surface area contributed by atoms with Crippen LogP contribution in [0, 0.1) is 0 Å². The minimum atomic E-state index is 0.0602. The molecule has 1 aliphatic rings. The fraction of sp³-hybridized carbons (Fsp3) is 0.435. The molecule has 2 unspecified atom stereocenters. The number of carbonyl (C=O) groups excluding carboxylic acids is 1. The van der Waals surface area contributed by atoms with Crippen molar-refractivity contribution in [3.8, 4) is 11.5 Å². The smallest absolute Gasteiger partial charge is 0.260 e. The Labute approximate surface area is 162 Å². The van der Waals surface area contributed by atoms with Crippen LogP contribution in [0.4, 0.5) is 0 Å². The van der Waals surface area contributed by atoms with Crippen molar-refractivity contribution < 1.29 is 14.3 Å². The maximum absolute atomic E-state index is 12.6. The number of carbonyl (C=O) groups is 1. The molecule has 4 heteroatoms. The fourth-order valence-corrected chi connectivity index (χ4v) is 3.60. The summed E-state index contributed by atoms with van der Waals surface area (Å²) < 4.78 is 11.1. The highest BCUT2D eigenvalue weighted by atomic mass is 16.5. The molecule has 0 aromatic heterocycles. The predicted molar refractivity (Wildman–Crippen MR) is 108 cm³/mol. The van der Waals surface area contributed by atoms with Crippen LogP contribution in [-0.4, -0.2) is 37.6 Å². The van der Waals surface area contributed by atoms with Crippen LogP contribution in [0.2, 0.25) is 0 Å². The van der Waals surface area contributed by atoms with Crippen LogP contribution in [0.3, 0.4) is 0 Å². The van der Waals surface area contributed by atoms with Crippen molar-refractivity contribution in [2.45, 2.75) is 38.5 Å². The zero-order valence-electron chi connectivity index (χ0n) is 16.5. The summed E-state index contributed by atoms with van der Waals surface area (Å²) >= 11 is 0. The van der Waals surface area contributed by atoms with Gasteiger partial charge in [0.1, 0.15) is 11.5 Å². The first-order chi connectivity index (χ1) is 13.1. The Morgan fingerprint density at radius 1 is 1.19 bits per heavy atom. The zero-order valence-corrected chi connectivity index (χ0v) is 16.5. The van der Waals surface area contributed by atoms with Gasteiger partial charge in [-0.2, -0.15) is 0 Å². The van der Waals surface area contributed by atoms with Crippen molar-refractivity contribution in [1.82, 2.24) is 4.90 Å². The summed E-state index contributed by atoms with van der Waals surface area (Å²) in [4.78, 5) is 14.5. The Balaban J connectivity index is 1.56. The van der Waals surface area contributed by atoms with Crippen molar-refractivity contribution >= 4 is 5.91 Å². The number of nitrogens with zero attached hydrogens (tertiary/aromatic N) is 1. The third-order valence-electron chi connectivity index (χ3n) is 5.54. The summed E-state index contributed by atoms with van der Waals surface area (Å²) in [5.74, 6) is 2.55. The third kappa shape index (κ3) is 4.62. The van der Waals surface area contributed by atoms with Gasteiger partial charge in [-0.1, -0.05) is 44.2 Å². The van der Waals surface area contributed by atoms with E-state index in [1.54, 1.807) is 7.11 Å². The van der Waals surface area contributed by atoms with E-state index in [0.29, 0.717) is 11.8 Å². The van der Waals surface area contributed by atoms with E-state index in [2.05, 4.69) is 32.0 Å². The van der Waals surface area contributed by atoms with E-state index in [9.17, 15) is 4.79 Å². The molecule has 0 spiro atoms. The van der Waals surface area contributed by atoms with Crippen LogP contribution in [0.1, 0.15) is 49.7 Å². The number of methoxy groups -OCH3 is 1. The van der Waals surface area contributed by atoms with Crippen molar-refractivity contribution in [2.75, 3.05) is 26.8 Å². The van der Waals surface area contributed by atoms with Gasteiger partial charge in [-0.3, -0.25) is 4.79 Å². The second kappa shape index (κ2) is 8.94. The SMILES string of the molecule is CCC(C)c1ccccc1OCC(=O)N1CCC(c2ccc(OC)cc2)C1. The van der Waals surface area contributed by atoms with E-state index >= 15 is 0 Å². The first-order valence-electron chi connectivity index (χ1n) is 9.75. The van der Waals surface area contributed by atoms with Gasteiger partial charge >= 0.3 is 0 Å². The Bertz CT molecular complexity index is 756. The topological polar surface area (TPSA) is 38.8 Å². The molecule has 2 aromatic rings. The Kier molecular flexibility index (Phi) is 6.38. The van der Waals surface area contributed by atoms with E-state index in [1.165, 1.54) is 11.1 Å². The number of rotatable bonds is 7. The number of hydrogen-bond acceptors (Lipinski definition) is 3. The van der Waals surface area contributed by atoms with Crippen LogP contribution < -0.4 is 9.47 Å². The second-order valence-corrected chi connectivity index (χ2v) is 7.23. The fourth-order valence-electron chi connectivity index (χ4n) is 3.60. The number of likely N-dealkylation sites (tertiary alicyclic amines) is 1. The van der Waals surface area contributed by atoms with Gasteiger partial charge in [0.25, 0.3) is 5.91 Å². The normalized spacial score (nSPS) is 17.6. The molecule has 0 bridgehead atoms. The Morgan fingerprint density at radius 2 is 1.93 bits per heavy atom. The first kappa shape index (κ1) is 19.3. The van der Waals surface area contributed by atoms with E-state index in [0.717, 1.165) is 37.4 Å². The Morgan fingerprint density at radius 3 is 2.63 bits per heavy atom. The molecule has 2 aromatic carbocycles. The molecule has 144 valence electrons. The molecule has 2 atom stereocenters. The summed E-state index contributed by atoms with van der Waals surface area (Å²) in [6.45, 7) is 5.98. The summed E-state index contributed by atoms with van der Waals surface area (Å²) in [7, 11) is 1.67. The number of hydrogen-bond donors (Lipinski definition) is 0. The molecule has 1 amide bonds. The van der Waals surface area contributed by atoms with Crippen LogP contribution in [0.15, 0.2) is 48.5 Å². The van der Waals surface area contributed by atoms with Gasteiger partial charge in [0.05, 0.1) is 7.11 Å². The van der Waals surface area contributed by atoms with Gasteiger partial charge in [-0.25, -0.2) is 0 Å². The summed E-state index contributed by atoms with van der Waals surface area (Å²) in [6, 6.07) is 16.2. The highest BCUT2D eigenvalue weighted by Crippen LogP contribution is 2.30. The predicted octanol–water partition coefficient (Wildman–Crippen LogP) is 4.60. The number of amides is 1. The average molecular weight is 367 g/mol. The molecule has 0 N–H and O–H groups in total. The molecule has 4 nitrogen and oxygen atoms in total. The standard InChI is InChI=1S/C23H29NO3/c1-4-17(2)21-7-5-6-8-22(21)27-16-23(25)24-14-13-19(15-24)18-9-11-20(26-3)12-10-18/h5-12,17,19H,4,13-16H2,1-3H3. The zero-order chi connectivity index (χ0) is 19.2. The number of para-hydroxylation sites is 1. The average Bonchev–Trinajstić information content (AvgIpc) is 3.22. The molecule has 0 aliphatic carbocycles. The van der Waals surface area contributed by atoms with Crippen molar-refractivity contribution in [1.29, 1.82) is 0 Å². The van der Waals surface area contributed by atoms with Crippen LogP contribution in [0.25, 0.3) is 0 Å². The molecule has 1 aliphatic heterocycles. The summed E-state index contributed by atoms with van der Waals surface area (Å²) in [5, 5.41) is 0. The van der Waals surface area contributed by atoms with Gasteiger partial charge < -0.3 is 14.4 Å². The molecular weight excluding hydrogens is 338 g/mol. The van der Waals surface area contributed by atoms with Crippen molar-refractivity contribution in [2.24, 2.45) is 0 Å². The molecule has 1 fully saturated rings. The second-order valence-electron chi connectivity index (χ2n) is 7.23. The van der Waals surface area contributed by atoms with Crippen LogP contribution in [-0.2, 0) is 4.79 Å². The molecule has 1 saturated heterocycles. The van der Waals surface area contributed by atoms with E-state index in [1.807, 2.05) is 35.2 Å². The monoisotopic (exact) mass is 367 g/mol. The minimum absolute atomic E-state index is 0.0602. The van der Waals surface area contributed by atoms with Crippen LogP contribution in [0.5, 0.6) is 11.5 Å². The quantitative estimate of drug-likeness (QED) is 0.718. The lowest BCUT2D eigenvalue weighted by Crippen LogP contribution is -2.33. The van der Waals surface area contributed by atoms with Crippen LogP contribution >= 0.6 is 0 Å². The molecule has 3 rings (SSSR count). The van der Waals surface area contributed by atoms with E-state index < -0.39 is 0 Å². The van der Waals surface area contributed by atoms with Crippen molar-refractivity contribution in [3.05, 3.63) is 59.7 Å². The van der Waals surface area contributed by atoms with Gasteiger partial charge in [0, 0.05) is 19.0 Å². The largest absolute Gasteiger partial charge is 0.497 e. The molecule has 0 saturated carbocycles. The third-order valence-corrected chi connectivity index (χ3v) is 5.54. The Hall–Kier alpha value is -2.49. The van der Waals surface area contributed by atoms with Crippen molar-refractivity contribution in [3.63, 3.8) is 0 Å². The molecule has 27 heavy (non-hydrogen) atoms. The summed E-state index contributed by atoms with van der Waals surface area (Å²) in [6.07, 6.45) is 2.03. The number of ether oxygens (including phenoxy) is 2. The summed E-state index contributed by atoms with van der Waals surface area (Å²) in [5.41, 5.74) is 2.43. The highest BCUT2D eigenvalue weighted by Gasteiger charge is 2.27.